The lowest BCUT2D eigenvalue weighted by atomic mass is 9.77. The lowest BCUT2D eigenvalue weighted by molar-refractivity contribution is -0.140. The minimum atomic E-state index is -0.223. The number of hydrogen-bond donors (Lipinski definition) is 1. The molecule has 3 heterocycles. The van der Waals surface area contributed by atoms with Gasteiger partial charge in [-0.25, -0.2) is 4.39 Å². The first-order valence-corrected chi connectivity index (χ1v) is 13.7. The SMILES string of the molecule is C=CC(=O)NCCOCCOCCOCC(=O)N1CC[C@@H]2C[C@H](Cc3c(F)ccc4occc34)CN(C)[C@H]2C1. The highest BCUT2D eigenvalue weighted by molar-refractivity contribution is 5.86. The van der Waals surface area contributed by atoms with E-state index < -0.39 is 0 Å². The highest BCUT2D eigenvalue weighted by Crippen LogP contribution is 2.36. The molecule has 1 N–H and O–H groups in total. The largest absolute Gasteiger partial charge is 0.464 e. The Morgan fingerprint density at radius 1 is 1.13 bits per heavy atom. The van der Waals surface area contributed by atoms with E-state index in [1.165, 1.54) is 12.1 Å². The normalized spacial score (nSPS) is 21.6. The van der Waals surface area contributed by atoms with Crippen molar-refractivity contribution < 1.29 is 32.6 Å². The molecule has 4 rings (SSSR count). The Kier molecular flexibility index (Phi) is 10.9. The van der Waals surface area contributed by atoms with Crippen LogP contribution in [0.2, 0.25) is 0 Å². The van der Waals surface area contributed by atoms with Crippen LogP contribution in [0.15, 0.2) is 41.5 Å². The third kappa shape index (κ3) is 8.11. The maximum atomic E-state index is 14.7. The molecule has 0 saturated carbocycles. The first-order valence-electron chi connectivity index (χ1n) is 13.7. The molecule has 39 heavy (non-hydrogen) atoms. The molecule has 2 aromatic rings. The van der Waals surface area contributed by atoms with Gasteiger partial charge in [-0.15, -0.1) is 0 Å². The van der Waals surface area contributed by atoms with Crippen molar-refractivity contribution in [2.45, 2.75) is 25.3 Å². The second kappa shape index (κ2) is 14.6. The number of likely N-dealkylation sites (tertiary alicyclic amines) is 2. The minimum Gasteiger partial charge on any atom is -0.464 e. The molecule has 2 fully saturated rings. The molecule has 9 nitrogen and oxygen atoms in total. The van der Waals surface area contributed by atoms with Crippen LogP contribution in [0.3, 0.4) is 0 Å². The summed E-state index contributed by atoms with van der Waals surface area (Å²) >= 11 is 0. The quantitative estimate of drug-likeness (QED) is 0.288. The Morgan fingerprint density at radius 3 is 2.69 bits per heavy atom. The molecular formula is C29H40FN3O6. The smallest absolute Gasteiger partial charge is 0.248 e. The van der Waals surface area contributed by atoms with Crippen molar-refractivity contribution in [1.82, 2.24) is 15.1 Å². The number of carbonyl (C=O) groups is 2. The molecule has 0 aliphatic carbocycles. The predicted octanol–water partition coefficient (Wildman–Crippen LogP) is 2.64. The number of nitrogens with zero attached hydrogens (tertiary/aromatic N) is 2. The summed E-state index contributed by atoms with van der Waals surface area (Å²) in [5.41, 5.74) is 1.47. The summed E-state index contributed by atoms with van der Waals surface area (Å²) in [7, 11) is 2.11. The number of fused-ring (bicyclic) bond motifs is 2. The van der Waals surface area contributed by atoms with E-state index in [0.29, 0.717) is 70.4 Å². The van der Waals surface area contributed by atoms with Crippen LogP contribution in [0.1, 0.15) is 18.4 Å². The van der Waals surface area contributed by atoms with Crippen LogP contribution in [0.25, 0.3) is 11.0 Å². The van der Waals surface area contributed by atoms with Gasteiger partial charge in [0.2, 0.25) is 11.8 Å². The molecule has 214 valence electrons. The van der Waals surface area contributed by atoms with Gasteiger partial charge in [0.25, 0.3) is 0 Å². The van der Waals surface area contributed by atoms with Gasteiger partial charge in [-0.1, -0.05) is 6.58 Å². The van der Waals surface area contributed by atoms with Gasteiger partial charge < -0.3 is 33.7 Å². The summed E-state index contributed by atoms with van der Waals surface area (Å²) < 4.78 is 36.5. The van der Waals surface area contributed by atoms with E-state index in [0.717, 1.165) is 42.5 Å². The third-order valence-corrected chi connectivity index (χ3v) is 7.71. The zero-order valence-corrected chi connectivity index (χ0v) is 22.7. The molecule has 2 saturated heterocycles. The number of halogens is 1. The van der Waals surface area contributed by atoms with Crippen LogP contribution < -0.4 is 5.32 Å². The Bertz CT molecular complexity index is 1110. The van der Waals surface area contributed by atoms with Crippen molar-refractivity contribution in [3.05, 3.63) is 48.5 Å². The highest BCUT2D eigenvalue weighted by Gasteiger charge is 2.39. The third-order valence-electron chi connectivity index (χ3n) is 7.71. The Morgan fingerprint density at radius 2 is 1.90 bits per heavy atom. The van der Waals surface area contributed by atoms with Gasteiger partial charge in [0.05, 0.1) is 39.3 Å². The maximum absolute atomic E-state index is 14.7. The van der Waals surface area contributed by atoms with Crippen molar-refractivity contribution >= 4 is 22.8 Å². The number of hydrogen-bond acceptors (Lipinski definition) is 7. The van der Waals surface area contributed by atoms with Crippen molar-refractivity contribution in [2.24, 2.45) is 11.8 Å². The number of carbonyl (C=O) groups excluding carboxylic acids is 2. The number of piperidine rings is 2. The second-order valence-corrected chi connectivity index (χ2v) is 10.3. The van der Waals surface area contributed by atoms with Crippen molar-refractivity contribution in [1.29, 1.82) is 0 Å². The van der Waals surface area contributed by atoms with Crippen LogP contribution in [-0.2, 0) is 30.2 Å². The van der Waals surface area contributed by atoms with E-state index in [1.54, 1.807) is 12.3 Å². The molecule has 0 spiro atoms. The molecule has 1 aromatic carbocycles. The molecule has 10 heteroatoms. The Labute approximate surface area is 229 Å². The van der Waals surface area contributed by atoms with E-state index in [4.69, 9.17) is 18.6 Å². The second-order valence-electron chi connectivity index (χ2n) is 10.3. The minimum absolute atomic E-state index is 0.00239. The lowest BCUT2D eigenvalue weighted by Gasteiger charge is -2.48. The average molecular weight is 546 g/mol. The van der Waals surface area contributed by atoms with E-state index in [9.17, 15) is 14.0 Å². The van der Waals surface area contributed by atoms with Gasteiger partial charge >= 0.3 is 0 Å². The van der Waals surface area contributed by atoms with Crippen LogP contribution in [-0.4, -0.2) is 101 Å². The lowest BCUT2D eigenvalue weighted by Crippen LogP contribution is -2.57. The van der Waals surface area contributed by atoms with Gasteiger partial charge in [-0.3, -0.25) is 9.59 Å². The maximum Gasteiger partial charge on any atom is 0.248 e. The fraction of sp³-hybridized carbons (Fsp3) is 0.586. The number of ether oxygens (including phenoxy) is 3. The van der Waals surface area contributed by atoms with Crippen LogP contribution in [0.4, 0.5) is 4.39 Å². The first-order chi connectivity index (χ1) is 19.0. The molecule has 0 radical (unpaired) electrons. The number of nitrogens with one attached hydrogen (secondary N) is 1. The van der Waals surface area contributed by atoms with Crippen LogP contribution in [0, 0.1) is 17.7 Å². The van der Waals surface area contributed by atoms with Crippen molar-refractivity contribution in [2.75, 3.05) is 72.9 Å². The summed E-state index contributed by atoms with van der Waals surface area (Å²) in [4.78, 5) is 28.0. The summed E-state index contributed by atoms with van der Waals surface area (Å²) in [6.45, 7) is 8.09. The van der Waals surface area contributed by atoms with E-state index in [2.05, 4.69) is 23.8 Å². The standard InChI is InChI=1S/C29H40FN3O6/c1-3-28(34)31-8-11-36-12-13-37-14-15-38-20-29(35)33-9-6-22-16-21(18-32(2)26(22)19-33)17-24-23-7-10-39-27(23)5-4-25(24)30/h3-5,7,10,21-22,26H,1,6,8-9,11-20H2,2H3,(H,31,34)/t21-,22-,26+/m1/s1. The van der Waals surface area contributed by atoms with Gasteiger partial charge in [-0.05, 0) is 68.0 Å². The zero-order valence-electron chi connectivity index (χ0n) is 22.7. The average Bonchev–Trinajstić information content (AvgIpc) is 3.42. The van der Waals surface area contributed by atoms with Crippen molar-refractivity contribution in [3.63, 3.8) is 0 Å². The van der Waals surface area contributed by atoms with E-state index in [-0.39, 0.29) is 24.2 Å². The molecule has 1 aromatic heterocycles. The van der Waals surface area contributed by atoms with Gasteiger partial charge in [0.15, 0.2) is 0 Å². The molecule has 2 amide bonds. The zero-order chi connectivity index (χ0) is 27.6. The molecule has 2 aliphatic heterocycles. The topological polar surface area (TPSA) is 93.5 Å². The fourth-order valence-corrected chi connectivity index (χ4v) is 5.76. The molecule has 0 unspecified atom stereocenters. The number of rotatable bonds is 14. The predicted molar refractivity (Wildman–Crippen MR) is 145 cm³/mol. The van der Waals surface area contributed by atoms with Gasteiger partial charge in [-0.2, -0.15) is 0 Å². The summed E-state index contributed by atoms with van der Waals surface area (Å²) in [6.07, 6.45) is 5.50. The Hall–Kier alpha value is -2.79. The fourth-order valence-electron chi connectivity index (χ4n) is 5.76. The molecule has 2 aliphatic rings. The van der Waals surface area contributed by atoms with E-state index >= 15 is 0 Å². The number of likely N-dealkylation sites (N-methyl/N-ethyl adjacent to an activating group) is 1. The molecule has 3 atom stereocenters. The van der Waals surface area contributed by atoms with E-state index in [1.807, 2.05) is 11.0 Å². The first kappa shape index (κ1) is 29.2. The highest BCUT2D eigenvalue weighted by atomic mass is 19.1. The molecular weight excluding hydrogens is 505 g/mol. The number of amides is 2. The Balaban J connectivity index is 1.11. The summed E-state index contributed by atoms with van der Waals surface area (Å²) in [5.74, 6) is 0.458. The van der Waals surface area contributed by atoms with Crippen LogP contribution in [0.5, 0.6) is 0 Å². The monoisotopic (exact) mass is 545 g/mol. The van der Waals surface area contributed by atoms with Crippen molar-refractivity contribution in [3.8, 4) is 0 Å². The molecule has 0 bridgehead atoms. The number of benzene rings is 1. The number of furan rings is 1. The van der Waals surface area contributed by atoms with Gasteiger partial charge in [0.1, 0.15) is 18.0 Å². The van der Waals surface area contributed by atoms with Crippen LogP contribution >= 0.6 is 0 Å². The van der Waals surface area contributed by atoms with Gasteiger partial charge in [0, 0.05) is 37.6 Å². The summed E-state index contributed by atoms with van der Waals surface area (Å²) in [6, 6.07) is 5.35. The summed E-state index contributed by atoms with van der Waals surface area (Å²) in [5, 5.41) is 3.49.